The average molecular weight is 299 g/mol. The van der Waals surface area contributed by atoms with Crippen LogP contribution in [0.1, 0.15) is 30.9 Å². The summed E-state index contributed by atoms with van der Waals surface area (Å²) in [6.07, 6.45) is 1.94. The van der Waals surface area contributed by atoms with Gasteiger partial charge in [-0.25, -0.2) is 0 Å². The number of rotatable bonds is 5. The average Bonchev–Trinajstić information content (AvgIpc) is 3.10. The maximum absolute atomic E-state index is 11.9. The topological polar surface area (TPSA) is 75.4 Å². The molecule has 1 saturated carbocycles. The van der Waals surface area contributed by atoms with Gasteiger partial charge in [0.25, 0.3) is 0 Å². The van der Waals surface area contributed by atoms with Gasteiger partial charge in [0.1, 0.15) is 6.04 Å². The van der Waals surface area contributed by atoms with Gasteiger partial charge in [0, 0.05) is 5.54 Å². The number of nitrogens with one attached hydrogen (secondary N) is 1. The van der Waals surface area contributed by atoms with Gasteiger partial charge in [0.15, 0.2) is 0 Å². The lowest BCUT2D eigenvalue weighted by Crippen LogP contribution is -2.51. The maximum Gasteiger partial charge on any atom is 0.240 e. The highest BCUT2D eigenvalue weighted by Gasteiger charge is 2.44. The van der Waals surface area contributed by atoms with Crippen LogP contribution in [0.3, 0.4) is 0 Å². The van der Waals surface area contributed by atoms with E-state index in [2.05, 4.69) is 36.5 Å². The second-order valence-corrected chi connectivity index (χ2v) is 5.70. The monoisotopic (exact) mass is 298 g/mol. The van der Waals surface area contributed by atoms with Crippen LogP contribution < -0.4 is 11.1 Å². The Bertz CT molecular complexity index is 455. The smallest absolute Gasteiger partial charge is 0.240 e. The van der Waals surface area contributed by atoms with Crippen molar-refractivity contribution in [3.63, 3.8) is 0 Å². The molecule has 5 heteroatoms. The summed E-state index contributed by atoms with van der Waals surface area (Å²) >= 11 is 0. The molecule has 0 aliphatic heterocycles. The molecule has 0 aromatic heterocycles. The zero-order chi connectivity index (χ0) is 14.0. The fourth-order valence-corrected chi connectivity index (χ4v) is 2.16. The Morgan fingerprint density at radius 3 is 2.40 bits per heavy atom. The molecular formula is C15H23ClN2O2. The minimum absolute atomic E-state index is 0. The number of carbonyl (C=O) groups excluding carboxylic acids is 1. The molecule has 1 amide bonds. The second-order valence-electron chi connectivity index (χ2n) is 5.70. The van der Waals surface area contributed by atoms with Crippen molar-refractivity contribution in [2.45, 2.75) is 50.8 Å². The minimum Gasteiger partial charge on any atom is -0.391 e. The number of aliphatic hydroxyl groups excluding tert-OH is 1. The third kappa shape index (κ3) is 4.20. The standard InChI is InChI=1S/C15H22N2O2.ClH/c1-10-3-5-12(6-4-10)9-15(7-8-15)17-14(19)13(16)11(2)18;/h3-6,11,13,18H,7-9,16H2,1-2H3,(H,17,19);1H/t11-,13+;/m1./s1. The molecule has 0 saturated heterocycles. The van der Waals surface area contributed by atoms with Gasteiger partial charge >= 0.3 is 0 Å². The molecule has 0 bridgehead atoms. The molecule has 2 atom stereocenters. The summed E-state index contributed by atoms with van der Waals surface area (Å²) in [5.41, 5.74) is 7.94. The van der Waals surface area contributed by atoms with Crippen LogP contribution in [0.25, 0.3) is 0 Å². The largest absolute Gasteiger partial charge is 0.391 e. The van der Waals surface area contributed by atoms with E-state index in [9.17, 15) is 9.90 Å². The molecule has 4 N–H and O–H groups in total. The molecule has 0 heterocycles. The Kier molecular flexibility index (Phi) is 5.57. The molecular weight excluding hydrogens is 276 g/mol. The van der Waals surface area contributed by atoms with Gasteiger partial charge < -0.3 is 16.2 Å². The number of carbonyl (C=O) groups is 1. The quantitative estimate of drug-likeness (QED) is 0.767. The van der Waals surface area contributed by atoms with E-state index in [1.165, 1.54) is 18.1 Å². The van der Waals surface area contributed by atoms with E-state index >= 15 is 0 Å². The van der Waals surface area contributed by atoms with Gasteiger partial charge in [-0.1, -0.05) is 29.8 Å². The lowest BCUT2D eigenvalue weighted by molar-refractivity contribution is -0.125. The van der Waals surface area contributed by atoms with Crippen LogP contribution in [0.15, 0.2) is 24.3 Å². The molecule has 2 rings (SSSR count). The fourth-order valence-electron chi connectivity index (χ4n) is 2.16. The number of nitrogens with two attached hydrogens (primary N) is 1. The highest BCUT2D eigenvalue weighted by atomic mass is 35.5. The summed E-state index contributed by atoms with van der Waals surface area (Å²) in [5, 5.41) is 12.3. The molecule has 1 aliphatic carbocycles. The third-order valence-electron chi connectivity index (χ3n) is 3.73. The molecule has 0 unspecified atom stereocenters. The van der Waals surface area contributed by atoms with Crippen LogP contribution >= 0.6 is 12.4 Å². The predicted molar refractivity (Wildman–Crippen MR) is 81.9 cm³/mol. The number of hydrogen-bond donors (Lipinski definition) is 3. The number of amides is 1. The van der Waals surface area contributed by atoms with Gasteiger partial charge in [-0.3, -0.25) is 4.79 Å². The number of halogens is 1. The Balaban J connectivity index is 0.00000200. The zero-order valence-electron chi connectivity index (χ0n) is 11.9. The van der Waals surface area contributed by atoms with Crippen molar-refractivity contribution in [1.29, 1.82) is 0 Å². The second kappa shape index (κ2) is 6.57. The van der Waals surface area contributed by atoms with E-state index in [0.717, 1.165) is 19.3 Å². The lowest BCUT2D eigenvalue weighted by Gasteiger charge is -2.21. The first-order valence-electron chi connectivity index (χ1n) is 6.73. The summed E-state index contributed by atoms with van der Waals surface area (Å²) in [6, 6.07) is 7.49. The van der Waals surface area contributed by atoms with E-state index in [4.69, 9.17) is 5.73 Å². The highest BCUT2D eigenvalue weighted by molar-refractivity contribution is 5.85. The van der Waals surface area contributed by atoms with Crippen LogP contribution in [-0.4, -0.2) is 28.7 Å². The minimum atomic E-state index is -0.851. The molecule has 4 nitrogen and oxygen atoms in total. The van der Waals surface area contributed by atoms with Crippen LogP contribution in [0.2, 0.25) is 0 Å². The van der Waals surface area contributed by atoms with Gasteiger partial charge in [0.2, 0.25) is 5.91 Å². The Hall–Kier alpha value is -1.10. The molecule has 20 heavy (non-hydrogen) atoms. The van der Waals surface area contributed by atoms with Crippen LogP contribution in [0.5, 0.6) is 0 Å². The first kappa shape index (κ1) is 17.0. The normalized spacial score (nSPS) is 18.6. The van der Waals surface area contributed by atoms with E-state index in [-0.39, 0.29) is 23.9 Å². The first-order valence-corrected chi connectivity index (χ1v) is 6.73. The molecule has 1 fully saturated rings. The summed E-state index contributed by atoms with van der Waals surface area (Å²) in [6.45, 7) is 3.59. The van der Waals surface area contributed by atoms with Crippen molar-refractivity contribution in [1.82, 2.24) is 5.32 Å². The third-order valence-corrected chi connectivity index (χ3v) is 3.73. The van der Waals surface area contributed by atoms with Gasteiger partial charge in [-0.15, -0.1) is 12.4 Å². The molecule has 1 aromatic carbocycles. The van der Waals surface area contributed by atoms with Crippen molar-refractivity contribution in [3.8, 4) is 0 Å². The fraction of sp³-hybridized carbons (Fsp3) is 0.533. The van der Waals surface area contributed by atoms with Crippen LogP contribution in [0.4, 0.5) is 0 Å². The number of aliphatic hydroxyl groups is 1. The summed E-state index contributed by atoms with van der Waals surface area (Å²) < 4.78 is 0. The van der Waals surface area contributed by atoms with Gasteiger partial charge in [0.05, 0.1) is 6.10 Å². The summed E-state index contributed by atoms with van der Waals surface area (Å²) in [4.78, 5) is 11.9. The molecule has 0 spiro atoms. The number of benzene rings is 1. The molecule has 1 aliphatic rings. The van der Waals surface area contributed by atoms with Crippen molar-refractivity contribution in [2.24, 2.45) is 5.73 Å². The van der Waals surface area contributed by atoms with E-state index in [1.54, 1.807) is 0 Å². The van der Waals surface area contributed by atoms with E-state index in [0.29, 0.717) is 0 Å². The molecule has 0 radical (unpaired) electrons. The van der Waals surface area contributed by atoms with Crippen molar-refractivity contribution < 1.29 is 9.90 Å². The van der Waals surface area contributed by atoms with Gasteiger partial charge in [-0.05, 0) is 38.7 Å². The Morgan fingerprint density at radius 1 is 1.40 bits per heavy atom. The predicted octanol–water partition coefficient (Wildman–Crippen LogP) is 1.32. The van der Waals surface area contributed by atoms with Crippen molar-refractivity contribution in [3.05, 3.63) is 35.4 Å². The number of aryl methyl sites for hydroxylation is 1. The van der Waals surface area contributed by atoms with E-state index in [1.807, 2.05) is 0 Å². The van der Waals surface area contributed by atoms with Crippen molar-refractivity contribution in [2.75, 3.05) is 0 Å². The maximum atomic E-state index is 11.9. The van der Waals surface area contributed by atoms with E-state index < -0.39 is 12.1 Å². The van der Waals surface area contributed by atoms with Gasteiger partial charge in [-0.2, -0.15) is 0 Å². The summed E-state index contributed by atoms with van der Waals surface area (Å²) in [5.74, 6) is -0.264. The number of hydrogen-bond acceptors (Lipinski definition) is 3. The SMILES string of the molecule is Cc1ccc(CC2(NC(=O)[C@@H](N)[C@@H](C)O)CC2)cc1.Cl. The van der Waals surface area contributed by atoms with Crippen molar-refractivity contribution >= 4 is 18.3 Å². The van der Waals surface area contributed by atoms with Crippen LogP contribution in [-0.2, 0) is 11.2 Å². The Morgan fingerprint density at radius 2 is 1.95 bits per heavy atom. The van der Waals surface area contributed by atoms with Crippen LogP contribution in [0, 0.1) is 6.92 Å². The molecule has 1 aromatic rings. The first-order chi connectivity index (χ1) is 8.92. The zero-order valence-corrected chi connectivity index (χ0v) is 12.7. The lowest BCUT2D eigenvalue weighted by atomic mass is 10.0. The Labute approximate surface area is 126 Å². The highest BCUT2D eigenvalue weighted by Crippen LogP contribution is 2.38. The summed E-state index contributed by atoms with van der Waals surface area (Å²) in [7, 11) is 0. The molecule has 112 valence electrons.